The molecule has 0 unspecified atom stereocenters. The van der Waals surface area contributed by atoms with Gasteiger partial charge in [0.15, 0.2) is 6.61 Å². The van der Waals surface area contributed by atoms with Gasteiger partial charge in [-0.3, -0.25) is 4.79 Å². The third-order valence-corrected chi connectivity index (χ3v) is 5.06. The van der Waals surface area contributed by atoms with Gasteiger partial charge >= 0.3 is 6.18 Å². The fourth-order valence-electron chi connectivity index (χ4n) is 1.91. The largest absolute Gasteiger partial charge is 0.468 e. The number of carbonyl (C=O) groups excluding carboxylic acids is 1. The molecule has 1 aromatic heterocycles. The molecular weight excluding hydrogens is 387 g/mol. The van der Waals surface area contributed by atoms with Gasteiger partial charge in [-0.2, -0.15) is 13.2 Å². The van der Waals surface area contributed by atoms with Gasteiger partial charge in [-0.25, -0.2) is 17.7 Å². The Hall–Kier alpha value is -2.66. The summed E-state index contributed by atoms with van der Waals surface area (Å²) in [7, 11) is -0.955. The summed E-state index contributed by atoms with van der Waals surface area (Å²) < 4.78 is 66.0. The zero-order chi connectivity index (χ0) is 20.2. The average molecular weight is 403 g/mol. The lowest BCUT2D eigenvalue weighted by molar-refractivity contribution is -0.154. The van der Waals surface area contributed by atoms with Crippen molar-refractivity contribution >= 4 is 21.6 Å². The highest BCUT2D eigenvalue weighted by Gasteiger charge is 2.28. The number of aromatic nitrogens is 1. The van der Waals surface area contributed by atoms with Crippen LogP contribution >= 0.6 is 0 Å². The van der Waals surface area contributed by atoms with Gasteiger partial charge in [0, 0.05) is 25.7 Å². The molecule has 7 nitrogen and oxygen atoms in total. The summed E-state index contributed by atoms with van der Waals surface area (Å²) in [6.07, 6.45) is -3.35. The standard InChI is InChI=1S/C16H16F3N3O4S/c1-22(2)27(24,25)13-5-3-4-11(8-13)15(23)21-12-6-7-14(20-9-12)26-10-16(17,18)19/h3-9H,10H2,1-2H3,(H,21,23). The molecule has 1 amide bonds. The number of alkyl halides is 3. The van der Waals surface area contributed by atoms with E-state index in [1.807, 2.05) is 0 Å². The van der Waals surface area contributed by atoms with E-state index in [1.165, 1.54) is 50.5 Å². The van der Waals surface area contributed by atoms with Gasteiger partial charge in [-0.15, -0.1) is 0 Å². The van der Waals surface area contributed by atoms with Crippen LogP contribution in [0.15, 0.2) is 47.5 Å². The lowest BCUT2D eigenvalue weighted by Crippen LogP contribution is -2.22. The van der Waals surface area contributed by atoms with E-state index in [4.69, 9.17) is 0 Å². The first-order chi connectivity index (χ1) is 12.5. The summed E-state index contributed by atoms with van der Waals surface area (Å²) in [4.78, 5) is 15.9. The minimum absolute atomic E-state index is 0.0471. The number of nitrogens with zero attached hydrogens (tertiary/aromatic N) is 2. The smallest absolute Gasteiger partial charge is 0.422 e. The first-order valence-electron chi connectivity index (χ1n) is 7.48. The molecule has 146 valence electrons. The van der Waals surface area contributed by atoms with E-state index in [0.717, 1.165) is 10.5 Å². The van der Waals surface area contributed by atoms with Crippen LogP contribution in [0, 0.1) is 0 Å². The lowest BCUT2D eigenvalue weighted by Gasteiger charge is -2.12. The van der Waals surface area contributed by atoms with E-state index in [0.29, 0.717) is 0 Å². The second kappa shape index (κ2) is 7.92. The van der Waals surface area contributed by atoms with Gasteiger partial charge in [-0.1, -0.05) is 6.07 Å². The summed E-state index contributed by atoms with van der Waals surface area (Å²) >= 11 is 0. The number of ether oxygens (including phenoxy) is 1. The topological polar surface area (TPSA) is 88.6 Å². The van der Waals surface area contributed by atoms with Crippen LogP contribution in [-0.4, -0.2) is 50.5 Å². The third-order valence-electron chi connectivity index (χ3n) is 3.25. The van der Waals surface area contributed by atoms with Crippen LogP contribution < -0.4 is 10.1 Å². The highest BCUT2D eigenvalue weighted by Crippen LogP contribution is 2.19. The van der Waals surface area contributed by atoms with Crippen LogP contribution in [0.5, 0.6) is 5.88 Å². The number of hydrogen-bond donors (Lipinski definition) is 1. The molecule has 11 heteroatoms. The van der Waals surface area contributed by atoms with Gasteiger partial charge < -0.3 is 10.1 Å². The summed E-state index contributed by atoms with van der Waals surface area (Å²) in [6.45, 7) is -1.47. The number of anilines is 1. The van der Waals surface area contributed by atoms with Crippen molar-refractivity contribution in [1.82, 2.24) is 9.29 Å². The summed E-state index contributed by atoms with van der Waals surface area (Å²) in [5.41, 5.74) is 0.301. The molecule has 1 heterocycles. The molecule has 0 aliphatic heterocycles. The molecule has 0 aliphatic rings. The Labute approximate surface area is 153 Å². The Morgan fingerprint density at radius 1 is 1.22 bits per heavy atom. The average Bonchev–Trinajstić information content (AvgIpc) is 2.60. The van der Waals surface area contributed by atoms with E-state index in [-0.39, 0.29) is 22.0 Å². The number of carbonyl (C=O) groups is 1. The van der Waals surface area contributed by atoms with Crippen molar-refractivity contribution in [3.63, 3.8) is 0 Å². The highest BCUT2D eigenvalue weighted by atomic mass is 32.2. The van der Waals surface area contributed by atoms with E-state index >= 15 is 0 Å². The molecule has 0 radical (unpaired) electrons. The van der Waals surface area contributed by atoms with E-state index < -0.39 is 28.7 Å². The summed E-state index contributed by atoms with van der Waals surface area (Å²) in [5, 5.41) is 2.48. The van der Waals surface area contributed by atoms with E-state index in [1.54, 1.807) is 0 Å². The second-order valence-electron chi connectivity index (χ2n) is 5.56. The molecule has 0 atom stereocenters. The Bertz CT molecular complexity index is 913. The van der Waals surface area contributed by atoms with Crippen molar-refractivity contribution in [2.45, 2.75) is 11.1 Å². The summed E-state index contributed by atoms with van der Waals surface area (Å²) in [5.74, 6) is -0.846. The SMILES string of the molecule is CN(C)S(=O)(=O)c1cccc(C(=O)Nc2ccc(OCC(F)(F)F)nc2)c1. The molecule has 0 spiro atoms. The maximum atomic E-state index is 12.3. The molecule has 0 saturated heterocycles. The van der Waals surface area contributed by atoms with Crippen LogP contribution in [-0.2, 0) is 10.0 Å². The monoisotopic (exact) mass is 403 g/mol. The normalized spacial score (nSPS) is 12.1. The van der Waals surface area contributed by atoms with Gasteiger partial charge in [0.25, 0.3) is 5.91 Å². The second-order valence-corrected chi connectivity index (χ2v) is 7.71. The number of rotatable bonds is 6. The molecule has 0 fully saturated rings. The Balaban J connectivity index is 2.09. The van der Waals surface area contributed by atoms with Crippen molar-refractivity contribution in [2.24, 2.45) is 0 Å². The van der Waals surface area contributed by atoms with Crippen LogP contribution in [0.25, 0.3) is 0 Å². The fourth-order valence-corrected chi connectivity index (χ4v) is 2.86. The Morgan fingerprint density at radius 2 is 1.93 bits per heavy atom. The van der Waals surface area contributed by atoms with Crippen LogP contribution in [0.1, 0.15) is 10.4 Å². The van der Waals surface area contributed by atoms with Crippen LogP contribution in [0.4, 0.5) is 18.9 Å². The predicted octanol–water partition coefficient (Wildman–Crippen LogP) is 2.53. The summed E-state index contributed by atoms with van der Waals surface area (Å²) in [6, 6.07) is 7.93. The third kappa shape index (κ3) is 5.66. The maximum absolute atomic E-state index is 12.3. The molecule has 1 N–H and O–H groups in total. The van der Waals surface area contributed by atoms with E-state index in [9.17, 15) is 26.4 Å². The number of sulfonamides is 1. The first-order valence-corrected chi connectivity index (χ1v) is 8.92. The van der Waals surface area contributed by atoms with Gasteiger partial charge in [0.2, 0.25) is 15.9 Å². The Morgan fingerprint density at radius 3 is 2.48 bits per heavy atom. The predicted molar refractivity (Wildman–Crippen MR) is 91.1 cm³/mol. The van der Waals surface area contributed by atoms with Gasteiger partial charge in [0.1, 0.15) is 0 Å². The lowest BCUT2D eigenvalue weighted by atomic mass is 10.2. The number of nitrogens with one attached hydrogen (secondary N) is 1. The van der Waals surface area contributed by atoms with Crippen molar-refractivity contribution in [3.05, 3.63) is 48.2 Å². The molecule has 0 saturated carbocycles. The number of amides is 1. The van der Waals surface area contributed by atoms with Gasteiger partial charge in [0.05, 0.1) is 16.8 Å². The minimum Gasteiger partial charge on any atom is -0.468 e. The zero-order valence-electron chi connectivity index (χ0n) is 14.3. The molecular formula is C16H16F3N3O4S. The van der Waals surface area contributed by atoms with Crippen molar-refractivity contribution < 1.29 is 31.1 Å². The first kappa shape index (κ1) is 20.6. The van der Waals surface area contributed by atoms with Crippen LogP contribution in [0.3, 0.4) is 0 Å². The molecule has 2 rings (SSSR count). The van der Waals surface area contributed by atoms with Crippen molar-refractivity contribution in [2.75, 3.05) is 26.0 Å². The van der Waals surface area contributed by atoms with Gasteiger partial charge in [-0.05, 0) is 24.3 Å². The number of hydrogen-bond acceptors (Lipinski definition) is 5. The zero-order valence-corrected chi connectivity index (χ0v) is 15.1. The molecule has 0 bridgehead atoms. The number of halogens is 3. The highest BCUT2D eigenvalue weighted by molar-refractivity contribution is 7.89. The maximum Gasteiger partial charge on any atom is 0.422 e. The number of pyridine rings is 1. The fraction of sp³-hybridized carbons (Fsp3) is 0.250. The molecule has 0 aliphatic carbocycles. The molecule has 1 aromatic carbocycles. The van der Waals surface area contributed by atoms with Crippen LogP contribution in [0.2, 0.25) is 0 Å². The van der Waals surface area contributed by atoms with Crippen molar-refractivity contribution in [1.29, 1.82) is 0 Å². The molecule has 2 aromatic rings. The van der Waals surface area contributed by atoms with Crippen molar-refractivity contribution in [3.8, 4) is 5.88 Å². The van der Waals surface area contributed by atoms with E-state index in [2.05, 4.69) is 15.0 Å². The minimum atomic E-state index is -4.48. The number of benzene rings is 1. The molecule has 27 heavy (non-hydrogen) atoms. The Kier molecular flexibility index (Phi) is 6.06. The quantitative estimate of drug-likeness (QED) is 0.801.